The van der Waals surface area contributed by atoms with Crippen LogP contribution in [0.4, 0.5) is 5.82 Å². The topological polar surface area (TPSA) is 56.7 Å². The number of halogens is 1. The lowest BCUT2D eigenvalue weighted by molar-refractivity contribution is 0.884. The third-order valence-corrected chi connectivity index (χ3v) is 3.56. The van der Waals surface area contributed by atoms with E-state index in [4.69, 9.17) is 17.3 Å². The van der Waals surface area contributed by atoms with E-state index in [0.29, 0.717) is 10.8 Å². The fourth-order valence-electron chi connectivity index (χ4n) is 1.67. The van der Waals surface area contributed by atoms with Crippen molar-refractivity contribution in [3.8, 4) is 16.4 Å². The van der Waals surface area contributed by atoms with Crippen LogP contribution in [0.25, 0.3) is 16.4 Å². The molecule has 18 heavy (non-hydrogen) atoms. The summed E-state index contributed by atoms with van der Waals surface area (Å²) in [6.45, 7) is 0. The molecule has 0 atom stereocenters. The standard InChI is InChI=1S/C12H9ClN4S/c13-9-4-2-1-3-8(9)10-7-11(14)17(16-10)12-15-5-6-18-12/h1-7H,14H2. The first-order valence-corrected chi connectivity index (χ1v) is 6.52. The highest BCUT2D eigenvalue weighted by molar-refractivity contribution is 7.12. The van der Waals surface area contributed by atoms with E-state index in [1.807, 2.05) is 29.6 Å². The summed E-state index contributed by atoms with van der Waals surface area (Å²) in [4.78, 5) is 4.18. The zero-order chi connectivity index (χ0) is 12.5. The van der Waals surface area contributed by atoms with Crippen molar-refractivity contribution in [2.24, 2.45) is 0 Å². The lowest BCUT2D eigenvalue weighted by Gasteiger charge is -1.99. The van der Waals surface area contributed by atoms with Crippen LogP contribution in [0.1, 0.15) is 0 Å². The van der Waals surface area contributed by atoms with E-state index in [1.54, 1.807) is 16.9 Å². The van der Waals surface area contributed by atoms with Crippen molar-refractivity contribution in [3.63, 3.8) is 0 Å². The Morgan fingerprint density at radius 2 is 2.11 bits per heavy atom. The molecule has 1 aromatic carbocycles. The van der Waals surface area contributed by atoms with Crippen LogP contribution in [0.3, 0.4) is 0 Å². The van der Waals surface area contributed by atoms with E-state index in [0.717, 1.165) is 16.4 Å². The van der Waals surface area contributed by atoms with Gasteiger partial charge < -0.3 is 5.73 Å². The highest BCUT2D eigenvalue weighted by Gasteiger charge is 2.12. The molecular weight excluding hydrogens is 268 g/mol. The predicted octanol–water partition coefficient (Wildman–Crippen LogP) is 3.23. The van der Waals surface area contributed by atoms with E-state index in [2.05, 4.69) is 10.1 Å². The van der Waals surface area contributed by atoms with Gasteiger partial charge in [0.1, 0.15) is 5.82 Å². The maximum Gasteiger partial charge on any atom is 0.212 e. The highest BCUT2D eigenvalue weighted by Crippen LogP contribution is 2.29. The monoisotopic (exact) mass is 276 g/mol. The second-order valence-electron chi connectivity index (χ2n) is 3.66. The number of thiazole rings is 1. The average Bonchev–Trinajstić information content (AvgIpc) is 2.98. The molecule has 0 saturated carbocycles. The van der Waals surface area contributed by atoms with Gasteiger partial charge in [0.25, 0.3) is 0 Å². The summed E-state index contributed by atoms with van der Waals surface area (Å²) in [6, 6.07) is 9.33. The molecule has 4 nitrogen and oxygen atoms in total. The zero-order valence-electron chi connectivity index (χ0n) is 9.25. The molecule has 0 aliphatic rings. The number of nitrogen functional groups attached to an aromatic ring is 1. The highest BCUT2D eigenvalue weighted by atomic mass is 35.5. The molecule has 0 aliphatic carbocycles. The summed E-state index contributed by atoms with van der Waals surface area (Å²) in [5, 5.41) is 7.71. The van der Waals surface area contributed by atoms with Crippen molar-refractivity contribution < 1.29 is 0 Å². The van der Waals surface area contributed by atoms with Crippen LogP contribution in [-0.2, 0) is 0 Å². The molecule has 0 radical (unpaired) electrons. The molecular formula is C12H9ClN4S. The number of anilines is 1. The number of hydrogen-bond acceptors (Lipinski definition) is 4. The van der Waals surface area contributed by atoms with Crippen LogP contribution in [0.15, 0.2) is 41.9 Å². The molecule has 0 fully saturated rings. The van der Waals surface area contributed by atoms with Crippen molar-refractivity contribution >= 4 is 28.8 Å². The minimum absolute atomic E-state index is 0.542. The third kappa shape index (κ3) is 1.87. The Morgan fingerprint density at radius 3 is 2.83 bits per heavy atom. The molecule has 90 valence electrons. The lowest BCUT2D eigenvalue weighted by Crippen LogP contribution is -2.00. The third-order valence-electron chi connectivity index (χ3n) is 2.49. The summed E-state index contributed by atoms with van der Waals surface area (Å²) in [5.41, 5.74) is 7.55. The first-order chi connectivity index (χ1) is 8.75. The van der Waals surface area contributed by atoms with Crippen molar-refractivity contribution in [2.45, 2.75) is 0 Å². The number of nitrogens with two attached hydrogens (primary N) is 1. The van der Waals surface area contributed by atoms with Gasteiger partial charge in [-0.25, -0.2) is 4.98 Å². The molecule has 0 aliphatic heterocycles. The first-order valence-electron chi connectivity index (χ1n) is 5.26. The smallest absolute Gasteiger partial charge is 0.212 e. The van der Waals surface area contributed by atoms with Gasteiger partial charge in [-0.05, 0) is 6.07 Å². The number of hydrogen-bond donors (Lipinski definition) is 1. The molecule has 2 heterocycles. The number of benzene rings is 1. The number of nitrogens with zero attached hydrogens (tertiary/aromatic N) is 3. The van der Waals surface area contributed by atoms with Crippen molar-refractivity contribution in [2.75, 3.05) is 5.73 Å². The van der Waals surface area contributed by atoms with Gasteiger partial charge in [-0.15, -0.1) is 11.3 Å². The van der Waals surface area contributed by atoms with Crippen LogP contribution in [-0.4, -0.2) is 14.8 Å². The Bertz CT molecular complexity index is 675. The Morgan fingerprint density at radius 1 is 1.28 bits per heavy atom. The Hall–Kier alpha value is -1.85. The van der Waals surface area contributed by atoms with E-state index in [9.17, 15) is 0 Å². The van der Waals surface area contributed by atoms with E-state index >= 15 is 0 Å². The molecule has 0 unspecified atom stereocenters. The maximum atomic E-state index is 6.14. The van der Waals surface area contributed by atoms with Gasteiger partial charge in [-0.2, -0.15) is 9.78 Å². The minimum Gasteiger partial charge on any atom is -0.383 e. The number of rotatable bonds is 2. The van der Waals surface area contributed by atoms with Crippen LogP contribution in [0.5, 0.6) is 0 Å². The quantitative estimate of drug-likeness (QED) is 0.782. The maximum absolute atomic E-state index is 6.14. The molecule has 0 saturated heterocycles. The molecule has 0 bridgehead atoms. The summed E-state index contributed by atoms with van der Waals surface area (Å²) in [7, 11) is 0. The molecule has 3 rings (SSSR count). The zero-order valence-corrected chi connectivity index (χ0v) is 10.8. The van der Waals surface area contributed by atoms with Crippen LogP contribution in [0.2, 0.25) is 5.02 Å². The van der Waals surface area contributed by atoms with Crippen molar-refractivity contribution in [1.29, 1.82) is 0 Å². The van der Waals surface area contributed by atoms with Gasteiger partial charge in [0.05, 0.1) is 10.7 Å². The summed E-state index contributed by atoms with van der Waals surface area (Å²) in [5.74, 6) is 0.542. The molecule has 6 heteroatoms. The van der Waals surface area contributed by atoms with Gasteiger partial charge in [0.15, 0.2) is 0 Å². The average molecular weight is 277 g/mol. The van der Waals surface area contributed by atoms with Gasteiger partial charge >= 0.3 is 0 Å². The fourth-order valence-corrected chi connectivity index (χ4v) is 2.51. The number of aromatic nitrogens is 3. The molecule has 2 N–H and O–H groups in total. The van der Waals surface area contributed by atoms with Crippen molar-refractivity contribution in [3.05, 3.63) is 46.9 Å². The second kappa shape index (κ2) is 4.44. The summed E-state index contributed by atoms with van der Waals surface area (Å²) in [6.07, 6.45) is 1.72. The Balaban J connectivity index is 2.11. The Kier molecular flexibility index (Phi) is 2.77. The van der Waals surface area contributed by atoms with E-state index in [-0.39, 0.29) is 0 Å². The molecule has 2 aromatic heterocycles. The van der Waals surface area contributed by atoms with Gasteiger partial charge in [-0.3, -0.25) is 0 Å². The van der Waals surface area contributed by atoms with Gasteiger partial charge in [0.2, 0.25) is 5.13 Å². The molecule has 0 amide bonds. The second-order valence-corrected chi connectivity index (χ2v) is 4.94. The fraction of sp³-hybridized carbons (Fsp3) is 0. The Labute approximate surface area is 113 Å². The normalized spacial score (nSPS) is 10.7. The van der Waals surface area contributed by atoms with Crippen molar-refractivity contribution in [1.82, 2.24) is 14.8 Å². The largest absolute Gasteiger partial charge is 0.383 e. The summed E-state index contributed by atoms with van der Waals surface area (Å²) >= 11 is 7.62. The van der Waals surface area contributed by atoms with E-state index in [1.165, 1.54) is 11.3 Å². The summed E-state index contributed by atoms with van der Waals surface area (Å²) < 4.78 is 1.61. The minimum atomic E-state index is 0.542. The first kappa shape index (κ1) is 11.3. The SMILES string of the molecule is Nc1cc(-c2ccccc2Cl)nn1-c1nccs1. The van der Waals surface area contributed by atoms with Crippen LogP contribution >= 0.6 is 22.9 Å². The molecule has 0 spiro atoms. The van der Waals surface area contributed by atoms with E-state index < -0.39 is 0 Å². The predicted molar refractivity (Wildman–Crippen MR) is 74.1 cm³/mol. The van der Waals surface area contributed by atoms with Crippen LogP contribution < -0.4 is 5.73 Å². The van der Waals surface area contributed by atoms with Crippen LogP contribution in [0, 0.1) is 0 Å². The molecule has 3 aromatic rings. The van der Waals surface area contributed by atoms with Gasteiger partial charge in [0, 0.05) is 23.2 Å². The van der Waals surface area contributed by atoms with Gasteiger partial charge in [-0.1, -0.05) is 29.8 Å². The lowest BCUT2D eigenvalue weighted by atomic mass is 10.1.